The maximum Gasteiger partial charge on any atom is 0.322 e. The monoisotopic (exact) mass is 437 g/mol. The molecule has 1 aromatic heterocycles. The van der Waals surface area contributed by atoms with Crippen LogP contribution >= 0.6 is 35.0 Å². The summed E-state index contributed by atoms with van der Waals surface area (Å²) in [6, 6.07) is 12.9. The number of benzene rings is 2. The highest BCUT2D eigenvalue weighted by molar-refractivity contribution is 7.99. The van der Waals surface area contributed by atoms with E-state index in [0.29, 0.717) is 28.1 Å². The van der Waals surface area contributed by atoms with Crippen molar-refractivity contribution in [2.24, 2.45) is 0 Å². The molecule has 1 heterocycles. The number of ether oxygens (including phenoxy) is 1. The molecule has 0 fully saturated rings. The number of amides is 1. The zero-order valence-electron chi connectivity index (χ0n) is 14.9. The van der Waals surface area contributed by atoms with Crippen LogP contribution in [0.2, 0.25) is 10.0 Å². The second-order valence-corrected chi connectivity index (χ2v) is 7.85. The lowest BCUT2D eigenvalue weighted by Gasteiger charge is -2.07. The van der Waals surface area contributed by atoms with Gasteiger partial charge in [0, 0.05) is 9.92 Å². The second-order valence-electron chi connectivity index (χ2n) is 5.67. The van der Waals surface area contributed by atoms with Crippen LogP contribution in [-0.2, 0) is 11.2 Å². The molecule has 9 heteroatoms. The molecule has 3 aromatic rings. The number of carbonyl (C=O) groups is 1. The van der Waals surface area contributed by atoms with Crippen LogP contribution in [0.1, 0.15) is 18.4 Å². The third-order valence-corrected chi connectivity index (χ3v) is 4.98. The van der Waals surface area contributed by atoms with E-state index in [2.05, 4.69) is 34.6 Å². The normalized spacial score (nSPS) is 10.7. The molecule has 0 saturated carbocycles. The van der Waals surface area contributed by atoms with Crippen LogP contribution in [0.5, 0.6) is 5.75 Å². The molecule has 1 N–H and O–H groups in total. The molecule has 0 atom stereocenters. The minimum atomic E-state index is -0.442. The van der Waals surface area contributed by atoms with Gasteiger partial charge in [-0.05, 0) is 41.6 Å². The number of anilines is 1. The fraction of sp³-hybridized carbons (Fsp3) is 0.211. The lowest BCUT2D eigenvalue weighted by atomic mass is 10.1. The van der Waals surface area contributed by atoms with Gasteiger partial charge in [-0.2, -0.15) is 0 Å². The fourth-order valence-electron chi connectivity index (χ4n) is 2.31. The molecule has 0 aliphatic rings. The molecule has 6 nitrogen and oxygen atoms in total. The molecule has 0 saturated heterocycles. The van der Waals surface area contributed by atoms with Crippen molar-refractivity contribution in [3.8, 4) is 5.75 Å². The summed E-state index contributed by atoms with van der Waals surface area (Å²) in [5.74, 6) is 1.35. The number of carbonyl (C=O) groups excluding carboxylic acids is 1. The van der Waals surface area contributed by atoms with E-state index in [1.807, 2.05) is 12.1 Å². The van der Waals surface area contributed by atoms with Crippen LogP contribution < -0.4 is 10.1 Å². The Bertz CT molecular complexity index is 948. The number of aromatic nitrogens is 2. The first-order valence-electron chi connectivity index (χ1n) is 8.45. The first-order valence-corrected chi connectivity index (χ1v) is 10.2. The highest BCUT2D eigenvalue weighted by Gasteiger charge is 2.12. The molecule has 0 spiro atoms. The number of nitrogens with zero attached hydrogens (tertiary/aromatic N) is 2. The average molecular weight is 438 g/mol. The molecule has 0 unspecified atom stereocenters. The van der Waals surface area contributed by atoms with Crippen LogP contribution in [0.3, 0.4) is 0 Å². The van der Waals surface area contributed by atoms with Crippen LogP contribution in [-0.4, -0.2) is 28.5 Å². The van der Waals surface area contributed by atoms with E-state index < -0.39 is 5.91 Å². The van der Waals surface area contributed by atoms with Gasteiger partial charge in [0.25, 0.3) is 5.91 Å². The Morgan fingerprint density at radius 2 is 1.96 bits per heavy atom. The smallest absolute Gasteiger partial charge is 0.322 e. The Morgan fingerprint density at radius 1 is 1.18 bits per heavy atom. The van der Waals surface area contributed by atoms with E-state index in [4.69, 9.17) is 32.4 Å². The summed E-state index contributed by atoms with van der Waals surface area (Å²) >= 11 is 13.6. The van der Waals surface area contributed by atoms with Crippen molar-refractivity contribution >= 4 is 46.9 Å². The predicted molar refractivity (Wildman–Crippen MR) is 111 cm³/mol. The van der Waals surface area contributed by atoms with E-state index in [1.165, 1.54) is 11.0 Å². The quantitative estimate of drug-likeness (QED) is 0.494. The molecule has 146 valence electrons. The number of halogens is 2. The van der Waals surface area contributed by atoms with Crippen LogP contribution in [0.15, 0.2) is 51.8 Å². The summed E-state index contributed by atoms with van der Waals surface area (Å²) in [5.41, 5.74) is 1.04. The maximum atomic E-state index is 12.0. The zero-order valence-corrected chi connectivity index (χ0v) is 17.3. The predicted octanol–water partition coefficient (Wildman–Crippen LogP) is 5.10. The summed E-state index contributed by atoms with van der Waals surface area (Å²) in [7, 11) is 0. The fourth-order valence-corrected chi connectivity index (χ4v) is 3.44. The Hall–Kier alpha value is -2.22. The van der Waals surface area contributed by atoms with Crippen molar-refractivity contribution in [1.82, 2.24) is 10.2 Å². The van der Waals surface area contributed by atoms with Crippen LogP contribution in [0, 0.1) is 0 Å². The van der Waals surface area contributed by atoms with Gasteiger partial charge in [-0.3, -0.25) is 10.1 Å². The standard InChI is InChI=1S/C19H17Cl2N3O3S/c1-2-28-14-6-3-12(4-7-14)9-18-23-24-19(27-18)22-17(25)11-26-16-8-5-13(20)10-15(16)21/h3-8,10H,2,9,11H2,1H3,(H,22,24,25). The SMILES string of the molecule is CCSc1ccc(Cc2nnc(NC(=O)COc3ccc(Cl)cc3Cl)o2)cc1. The average Bonchev–Trinajstić information content (AvgIpc) is 3.09. The third kappa shape index (κ3) is 5.89. The van der Waals surface area contributed by atoms with Crippen molar-refractivity contribution in [1.29, 1.82) is 0 Å². The first-order chi connectivity index (χ1) is 13.5. The van der Waals surface area contributed by atoms with Gasteiger partial charge in [0.2, 0.25) is 5.89 Å². The molecular weight excluding hydrogens is 421 g/mol. The number of hydrogen-bond donors (Lipinski definition) is 1. The largest absolute Gasteiger partial charge is 0.482 e. The molecule has 0 bridgehead atoms. The van der Waals surface area contributed by atoms with Gasteiger partial charge in [-0.1, -0.05) is 47.4 Å². The zero-order chi connectivity index (χ0) is 19.9. The van der Waals surface area contributed by atoms with Gasteiger partial charge in [0.1, 0.15) is 5.75 Å². The minimum absolute atomic E-state index is 0.0176. The van der Waals surface area contributed by atoms with Crippen molar-refractivity contribution in [2.75, 3.05) is 17.7 Å². The molecule has 3 rings (SSSR count). The van der Waals surface area contributed by atoms with Gasteiger partial charge < -0.3 is 9.15 Å². The van der Waals surface area contributed by atoms with E-state index in [1.54, 1.807) is 23.9 Å². The summed E-state index contributed by atoms with van der Waals surface area (Å²) in [5, 5.41) is 11.1. The highest BCUT2D eigenvalue weighted by Crippen LogP contribution is 2.27. The number of thioether (sulfide) groups is 1. The molecule has 0 aliphatic carbocycles. The number of rotatable bonds is 8. The molecule has 0 radical (unpaired) electrons. The lowest BCUT2D eigenvalue weighted by molar-refractivity contribution is -0.118. The van der Waals surface area contributed by atoms with E-state index >= 15 is 0 Å². The summed E-state index contributed by atoms with van der Waals surface area (Å²) in [6.45, 7) is 1.86. The molecule has 28 heavy (non-hydrogen) atoms. The maximum absolute atomic E-state index is 12.0. The Morgan fingerprint density at radius 3 is 2.68 bits per heavy atom. The van der Waals surface area contributed by atoms with Gasteiger partial charge in [0.15, 0.2) is 6.61 Å². The van der Waals surface area contributed by atoms with Crippen molar-refractivity contribution in [3.05, 3.63) is 64.0 Å². The van der Waals surface area contributed by atoms with Crippen molar-refractivity contribution in [3.63, 3.8) is 0 Å². The number of nitrogens with one attached hydrogen (secondary N) is 1. The van der Waals surface area contributed by atoms with E-state index in [0.717, 1.165) is 11.3 Å². The molecule has 1 amide bonds. The van der Waals surface area contributed by atoms with E-state index in [-0.39, 0.29) is 12.6 Å². The Balaban J connectivity index is 1.51. The first kappa shape index (κ1) is 20.5. The highest BCUT2D eigenvalue weighted by atomic mass is 35.5. The summed E-state index contributed by atoms with van der Waals surface area (Å²) in [6.07, 6.45) is 0.483. The van der Waals surface area contributed by atoms with Crippen LogP contribution in [0.4, 0.5) is 6.01 Å². The van der Waals surface area contributed by atoms with Gasteiger partial charge in [-0.15, -0.1) is 16.9 Å². The topological polar surface area (TPSA) is 77.2 Å². The van der Waals surface area contributed by atoms with Gasteiger partial charge >= 0.3 is 6.01 Å². The van der Waals surface area contributed by atoms with Crippen LogP contribution in [0.25, 0.3) is 0 Å². The second kappa shape index (κ2) is 9.82. The number of hydrogen-bond acceptors (Lipinski definition) is 6. The van der Waals surface area contributed by atoms with Crippen molar-refractivity contribution < 1.29 is 13.9 Å². The molecule has 0 aliphatic heterocycles. The van der Waals surface area contributed by atoms with Gasteiger partial charge in [-0.25, -0.2) is 0 Å². The Labute approximate surface area is 176 Å². The molecular formula is C19H17Cl2N3O3S. The third-order valence-electron chi connectivity index (χ3n) is 3.56. The van der Waals surface area contributed by atoms with E-state index in [9.17, 15) is 4.79 Å². The summed E-state index contributed by atoms with van der Waals surface area (Å²) in [4.78, 5) is 13.2. The summed E-state index contributed by atoms with van der Waals surface area (Å²) < 4.78 is 10.8. The lowest BCUT2D eigenvalue weighted by Crippen LogP contribution is -2.20. The van der Waals surface area contributed by atoms with Crippen molar-refractivity contribution in [2.45, 2.75) is 18.2 Å². The Kier molecular flexibility index (Phi) is 7.19. The molecule has 2 aromatic carbocycles. The minimum Gasteiger partial charge on any atom is -0.482 e. The van der Waals surface area contributed by atoms with Gasteiger partial charge in [0.05, 0.1) is 11.4 Å².